The lowest BCUT2D eigenvalue weighted by Gasteiger charge is -1.86. The Morgan fingerprint density at radius 2 is 2.30 bits per heavy atom. The molecule has 51 valence electrons. The van der Waals surface area contributed by atoms with Crippen molar-refractivity contribution in [2.75, 3.05) is 0 Å². The number of nitroso groups, excluding NO2 is 1. The molecular weight excluding hydrogens is 128 g/mol. The molecule has 0 saturated carbocycles. The third-order valence-electron chi connectivity index (χ3n) is 1.16. The predicted molar refractivity (Wildman–Crippen MR) is 37.5 cm³/mol. The van der Waals surface area contributed by atoms with E-state index in [1.165, 1.54) is 0 Å². The fourth-order valence-electron chi connectivity index (χ4n) is 0.697. The Labute approximate surface area is 59.0 Å². The van der Waals surface area contributed by atoms with E-state index in [0.29, 0.717) is 10.6 Å². The van der Waals surface area contributed by atoms with Crippen molar-refractivity contribution in [2.24, 2.45) is 5.84 Å². The van der Waals surface area contributed by atoms with Crippen LogP contribution < -0.4 is 5.84 Å². The normalized spacial score (nSPS) is 9.30. The number of nitrogens with two attached hydrogens (primary N) is 1. The second kappa shape index (κ2) is 2.47. The van der Waals surface area contributed by atoms with E-state index in [-0.39, 0.29) is 0 Å². The largest absolute Gasteiger partial charge is 0.299 e. The van der Waals surface area contributed by atoms with Crippen LogP contribution in [0.3, 0.4) is 0 Å². The van der Waals surface area contributed by atoms with Gasteiger partial charge < -0.3 is 0 Å². The van der Waals surface area contributed by atoms with Gasteiger partial charge in [-0.3, -0.25) is 0 Å². The van der Waals surface area contributed by atoms with E-state index < -0.39 is 0 Å². The molecule has 0 saturated heterocycles. The minimum Gasteiger partial charge on any atom is -0.159 e. The number of hydrazine groups is 1. The summed E-state index contributed by atoms with van der Waals surface area (Å²) in [6.45, 7) is 1.85. The first-order valence-corrected chi connectivity index (χ1v) is 2.91. The summed E-state index contributed by atoms with van der Waals surface area (Å²) in [5.74, 6) is 4.93. The molecule has 0 aliphatic carbocycles. The molecule has 1 radical (unpaired) electrons. The maximum absolute atomic E-state index is 10.5. The first-order chi connectivity index (χ1) is 4.70. The van der Waals surface area contributed by atoms with Gasteiger partial charge in [0.15, 0.2) is 4.87 Å². The van der Waals surface area contributed by atoms with Crippen molar-refractivity contribution in [3.8, 4) is 0 Å². The van der Waals surface area contributed by atoms with Gasteiger partial charge in [0.2, 0.25) is 0 Å². The highest BCUT2D eigenvalue weighted by atomic mass is 16.3. The Bertz CT molecular complexity index is 258. The van der Waals surface area contributed by atoms with Gasteiger partial charge in [0.05, 0.1) is 11.0 Å². The zero-order valence-corrected chi connectivity index (χ0v) is 5.66. The predicted octanol–water partition coefficient (Wildman–Crippen LogP) is 1.08. The average Bonchev–Trinajstić information content (AvgIpc) is 1.88. The summed E-state index contributed by atoms with van der Waals surface area (Å²) in [7, 11) is 0. The van der Waals surface area contributed by atoms with Crippen molar-refractivity contribution in [1.29, 1.82) is 0 Å². The lowest BCUT2D eigenvalue weighted by atomic mass is 10.2. The van der Waals surface area contributed by atoms with Crippen molar-refractivity contribution in [3.05, 3.63) is 34.7 Å². The van der Waals surface area contributed by atoms with Crippen molar-refractivity contribution in [2.45, 2.75) is 6.92 Å². The Morgan fingerprint density at radius 1 is 1.60 bits per heavy atom. The van der Waals surface area contributed by atoms with Gasteiger partial charge in [-0.15, -0.1) is 0 Å². The number of hydrogen-bond acceptors (Lipinski definition) is 1. The van der Waals surface area contributed by atoms with E-state index >= 15 is 0 Å². The molecule has 2 N–H and O–H groups in total. The van der Waals surface area contributed by atoms with Crippen molar-refractivity contribution in [3.63, 3.8) is 0 Å². The summed E-state index contributed by atoms with van der Waals surface area (Å²) in [4.78, 5) is 10.8. The Kier molecular flexibility index (Phi) is 1.67. The van der Waals surface area contributed by atoms with Crippen LogP contribution in [0, 0.1) is 17.9 Å². The van der Waals surface area contributed by atoms with Crippen LogP contribution in [0.5, 0.6) is 0 Å². The Balaban J connectivity index is 3.07. The molecule has 0 atom stereocenters. The molecule has 0 heterocycles. The first kappa shape index (κ1) is 6.74. The lowest BCUT2D eigenvalue weighted by Crippen LogP contribution is -2.08. The summed E-state index contributed by atoms with van der Waals surface area (Å²) in [5.41, 5.74) is 1.27. The van der Waals surface area contributed by atoms with E-state index in [1.807, 2.05) is 13.0 Å². The zero-order valence-electron chi connectivity index (χ0n) is 5.66. The molecule has 0 spiro atoms. The molecule has 3 heteroatoms. The van der Waals surface area contributed by atoms with Crippen LogP contribution in [0.15, 0.2) is 18.2 Å². The molecule has 0 aliphatic heterocycles. The van der Waals surface area contributed by atoms with Gasteiger partial charge in [-0.25, -0.2) is 0 Å². The molecule has 10 heavy (non-hydrogen) atoms. The average molecular weight is 136 g/mol. The molecule has 0 aliphatic rings. The minimum atomic E-state index is 0.299. The van der Waals surface area contributed by atoms with Crippen molar-refractivity contribution in [1.82, 2.24) is 0 Å². The summed E-state index contributed by atoms with van der Waals surface area (Å²) in [5, 5.41) is 0. The summed E-state index contributed by atoms with van der Waals surface area (Å²) in [6.07, 6.45) is 0. The molecule has 1 aromatic carbocycles. The summed E-state index contributed by atoms with van der Waals surface area (Å²) >= 11 is 0. The monoisotopic (exact) mass is 136 g/mol. The highest BCUT2D eigenvalue weighted by molar-refractivity contribution is 5.31. The molecule has 1 rings (SSSR count). The number of hydrogen-bond donors (Lipinski definition) is 1. The van der Waals surface area contributed by atoms with Gasteiger partial charge in [0.1, 0.15) is 0 Å². The Morgan fingerprint density at radius 3 is 2.70 bits per heavy atom. The van der Waals surface area contributed by atoms with Crippen LogP contribution >= 0.6 is 0 Å². The summed E-state index contributed by atoms with van der Waals surface area (Å²) < 4.78 is 0. The SMILES string of the molecule is Cc1[c]c([N+](N)=O)ccc1. The molecule has 0 aromatic heterocycles. The number of rotatable bonds is 1. The first-order valence-electron chi connectivity index (χ1n) is 2.91. The molecule has 0 fully saturated rings. The second-order valence-electron chi connectivity index (χ2n) is 2.04. The van der Waals surface area contributed by atoms with Gasteiger partial charge in [-0.05, 0) is 12.5 Å². The number of nitrogens with zero attached hydrogens (tertiary/aromatic N) is 1. The fraction of sp³-hybridized carbons (Fsp3) is 0.143. The standard InChI is InChI=1S/C7H8N2O/c1-6-3-2-4-7(5-6)9(8)10/h2-4H,1H3,(H2,8,10)/q+1. The van der Waals surface area contributed by atoms with Crippen LogP contribution in [-0.2, 0) is 0 Å². The smallest absolute Gasteiger partial charge is 0.159 e. The van der Waals surface area contributed by atoms with Crippen LogP contribution in [0.2, 0.25) is 0 Å². The molecule has 3 nitrogen and oxygen atoms in total. The van der Waals surface area contributed by atoms with Crippen molar-refractivity contribution >= 4 is 5.69 Å². The molecule has 0 amide bonds. The lowest BCUT2D eigenvalue weighted by molar-refractivity contribution is -0.475. The third-order valence-corrected chi connectivity index (χ3v) is 1.16. The van der Waals surface area contributed by atoms with Crippen LogP contribution in [0.4, 0.5) is 5.69 Å². The number of benzene rings is 1. The molecule has 1 aromatic rings. The van der Waals surface area contributed by atoms with Gasteiger partial charge in [-0.1, -0.05) is 12.1 Å². The van der Waals surface area contributed by atoms with E-state index in [9.17, 15) is 4.91 Å². The quantitative estimate of drug-likeness (QED) is 0.356. The summed E-state index contributed by atoms with van der Waals surface area (Å²) in [6, 6.07) is 8.02. The fourth-order valence-corrected chi connectivity index (χ4v) is 0.697. The number of aryl methyl sites for hydroxylation is 1. The van der Waals surface area contributed by atoms with Crippen molar-refractivity contribution < 1.29 is 4.87 Å². The van der Waals surface area contributed by atoms with Gasteiger partial charge in [0, 0.05) is 6.07 Å². The Hall–Kier alpha value is -1.38. The van der Waals surface area contributed by atoms with Crippen LogP contribution in [-0.4, -0.2) is 4.87 Å². The highest BCUT2D eigenvalue weighted by Crippen LogP contribution is 2.08. The van der Waals surface area contributed by atoms with E-state index in [0.717, 1.165) is 5.56 Å². The molecule has 0 bridgehead atoms. The van der Waals surface area contributed by atoms with Gasteiger partial charge >= 0.3 is 0 Å². The minimum absolute atomic E-state index is 0.299. The van der Waals surface area contributed by atoms with Gasteiger partial charge in [-0.2, -0.15) is 5.84 Å². The van der Waals surface area contributed by atoms with E-state index in [1.54, 1.807) is 12.1 Å². The van der Waals surface area contributed by atoms with Gasteiger partial charge in [0.25, 0.3) is 5.69 Å². The topological polar surface area (TPSA) is 46.1 Å². The zero-order chi connectivity index (χ0) is 7.56. The van der Waals surface area contributed by atoms with Crippen LogP contribution in [0.1, 0.15) is 5.56 Å². The molecule has 0 unspecified atom stereocenters. The highest BCUT2D eigenvalue weighted by Gasteiger charge is 2.06. The maximum atomic E-state index is 10.5. The maximum Gasteiger partial charge on any atom is 0.299 e. The van der Waals surface area contributed by atoms with E-state index in [4.69, 9.17) is 5.84 Å². The second-order valence-corrected chi connectivity index (χ2v) is 2.04. The third kappa shape index (κ3) is 1.31. The van der Waals surface area contributed by atoms with E-state index in [2.05, 4.69) is 6.07 Å². The van der Waals surface area contributed by atoms with Crippen LogP contribution in [0.25, 0.3) is 0 Å². The molecular formula is C7H8N2O+.